The van der Waals surface area contributed by atoms with Crippen molar-refractivity contribution < 1.29 is 29.1 Å². The topological polar surface area (TPSA) is 119 Å². The Balaban J connectivity index is 2.11. The first-order chi connectivity index (χ1) is 18.8. The summed E-state index contributed by atoms with van der Waals surface area (Å²) < 4.78 is 12.1. The van der Waals surface area contributed by atoms with Gasteiger partial charge in [0.2, 0.25) is 16.7 Å². The summed E-state index contributed by atoms with van der Waals surface area (Å²) in [5.41, 5.74) is 0.659. The Labute approximate surface area is 243 Å². The highest BCUT2D eigenvalue weighted by Gasteiger charge is 2.54. The van der Waals surface area contributed by atoms with Crippen molar-refractivity contribution in [2.75, 3.05) is 5.75 Å². The Morgan fingerprint density at radius 1 is 1.18 bits per heavy atom. The molecule has 214 valence electrons. The van der Waals surface area contributed by atoms with E-state index < -0.39 is 39.4 Å². The van der Waals surface area contributed by atoms with Gasteiger partial charge in [0.1, 0.15) is 18.1 Å². The summed E-state index contributed by atoms with van der Waals surface area (Å²) in [4.78, 5) is 39.2. The van der Waals surface area contributed by atoms with E-state index in [-0.39, 0.29) is 28.8 Å². The molecule has 3 rings (SSSR count). The number of hydrogen-bond donors (Lipinski definition) is 1. The van der Waals surface area contributed by atoms with Gasteiger partial charge in [-0.2, -0.15) is 0 Å². The van der Waals surface area contributed by atoms with Gasteiger partial charge >= 0.3 is 0 Å². The number of nitro benzene ring substituents is 1. The normalized spacial score (nSPS) is 18.4. The number of aliphatic hydroxyl groups excluding tert-OH is 1. The van der Waals surface area contributed by atoms with Crippen molar-refractivity contribution in [1.29, 1.82) is 0 Å². The Morgan fingerprint density at radius 3 is 2.27 bits per heavy atom. The molecule has 3 atom stereocenters. The van der Waals surface area contributed by atoms with Gasteiger partial charge in [-0.05, 0) is 61.6 Å². The van der Waals surface area contributed by atoms with Crippen LogP contribution in [0.15, 0.2) is 60.0 Å². The van der Waals surface area contributed by atoms with E-state index in [0.717, 1.165) is 5.56 Å². The number of non-ortho nitro benzene ring substituents is 1. The Bertz CT molecular complexity index is 1300. The number of ether oxygens (including phenoxy) is 2. The molecule has 2 aromatic carbocycles. The zero-order valence-corrected chi connectivity index (χ0v) is 25.0. The molecule has 9 nitrogen and oxygen atoms in total. The second-order valence-electron chi connectivity index (χ2n) is 10.5. The number of rotatable bonds is 11. The Kier molecular flexibility index (Phi) is 10.1. The third-order valence-electron chi connectivity index (χ3n) is 6.24. The second kappa shape index (κ2) is 12.9. The lowest BCUT2D eigenvalue weighted by Crippen LogP contribution is -2.63. The summed E-state index contributed by atoms with van der Waals surface area (Å²) in [6, 6.07) is 12.9. The first kappa shape index (κ1) is 31.3. The van der Waals surface area contributed by atoms with E-state index in [9.17, 15) is 24.8 Å². The van der Waals surface area contributed by atoms with Gasteiger partial charge in [0, 0.05) is 17.5 Å². The number of ketones is 1. The predicted molar refractivity (Wildman–Crippen MR) is 158 cm³/mol. The van der Waals surface area contributed by atoms with Gasteiger partial charge in [0.25, 0.3) is 5.69 Å². The van der Waals surface area contributed by atoms with Crippen LogP contribution >= 0.6 is 24.0 Å². The van der Waals surface area contributed by atoms with Gasteiger partial charge in [-0.15, -0.1) is 11.8 Å². The number of carbonyl (C=O) groups excluding carboxylic acids is 2. The fourth-order valence-electron chi connectivity index (χ4n) is 4.02. The zero-order chi connectivity index (χ0) is 29.8. The van der Waals surface area contributed by atoms with Crippen LogP contribution in [-0.4, -0.2) is 48.9 Å². The van der Waals surface area contributed by atoms with Crippen LogP contribution in [0.1, 0.15) is 45.7 Å². The minimum atomic E-state index is -0.913. The highest BCUT2D eigenvalue weighted by Crippen LogP contribution is 2.42. The van der Waals surface area contributed by atoms with Crippen molar-refractivity contribution >= 4 is 46.4 Å². The quantitative estimate of drug-likeness (QED) is 0.0900. The van der Waals surface area contributed by atoms with E-state index >= 15 is 0 Å². The molecule has 2 aromatic rings. The maximum Gasteiger partial charge on any atom is 0.269 e. The molecule has 0 spiro atoms. The van der Waals surface area contributed by atoms with Crippen LogP contribution < -0.4 is 4.74 Å². The number of β-lactam (4-membered cyclic amide) rings is 1. The minimum Gasteiger partial charge on any atom is -0.477 e. The predicted octanol–water partition coefficient (Wildman–Crippen LogP) is 5.57. The largest absolute Gasteiger partial charge is 0.477 e. The van der Waals surface area contributed by atoms with Gasteiger partial charge in [-0.3, -0.25) is 24.6 Å². The van der Waals surface area contributed by atoms with E-state index in [2.05, 4.69) is 0 Å². The Morgan fingerprint density at radius 2 is 1.77 bits per heavy atom. The number of aliphatic hydroxyl groups is 1. The van der Waals surface area contributed by atoms with Crippen LogP contribution in [0.2, 0.25) is 0 Å². The average molecular weight is 587 g/mol. The number of hydrogen-bond acceptors (Lipinski definition) is 9. The van der Waals surface area contributed by atoms with Crippen molar-refractivity contribution in [3.05, 3.63) is 81.2 Å². The van der Waals surface area contributed by atoms with Gasteiger partial charge in [-0.1, -0.05) is 45.4 Å². The summed E-state index contributed by atoms with van der Waals surface area (Å²) >= 11 is 7.12. The van der Waals surface area contributed by atoms with Crippen molar-refractivity contribution in [2.24, 2.45) is 11.3 Å². The lowest BCUT2D eigenvalue weighted by atomic mass is 9.87. The summed E-state index contributed by atoms with van der Waals surface area (Å²) in [7, 11) is 0. The van der Waals surface area contributed by atoms with Crippen molar-refractivity contribution in [3.8, 4) is 5.75 Å². The van der Waals surface area contributed by atoms with Crippen molar-refractivity contribution in [1.82, 2.24) is 4.90 Å². The molecule has 0 radical (unpaired) electrons. The van der Waals surface area contributed by atoms with E-state index in [1.54, 1.807) is 52.0 Å². The molecular weight excluding hydrogens is 552 g/mol. The number of amides is 1. The average Bonchev–Trinajstić information content (AvgIpc) is 2.89. The molecule has 11 heteroatoms. The first-order valence-electron chi connectivity index (χ1n) is 12.8. The monoisotopic (exact) mass is 586 g/mol. The van der Waals surface area contributed by atoms with Gasteiger partial charge in [-0.25, -0.2) is 0 Å². The summed E-state index contributed by atoms with van der Waals surface area (Å²) in [6.07, 6.45) is -0.913. The number of Topliss-reactive ketones (excluding diaryl/α,β-unsaturated/α-hetero) is 1. The molecule has 0 bridgehead atoms. The van der Waals surface area contributed by atoms with Crippen LogP contribution in [0.3, 0.4) is 0 Å². The molecule has 1 heterocycles. The summed E-state index contributed by atoms with van der Waals surface area (Å²) in [5, 5.41) is 20.7. The van der Waals surface area contributed by atoms with Crippen LogP contribution in [0, 0.1) is 28.4 Å². The lowest BCUT2D eigenvalue weighted by Gasteiger charge is -2.48. The molecule has 1 saturated heterocycles. The molecule has 0 saturated carbocycles. The maximum atomic E-state index is 13.8. The third-order valence-corrected chi connectivity index (χ3v) is 7.73. The number of aryl methyl sites for hydroxylation is 1. The summed E-state index contributed by atoms with van der Waals surface area (Å²) in [5.74, 6) is -0.592. The number of thiocarbonyl (C=S) groups is 1. The molecule has 1 aliphatic heterocycles. The number of nitrogens with zero attached hydrogens (tertiary/aromatic N) is 2. The standard InChI is InChI=1S/C29H34N2O7S2/c1-7-40-27-22(18(3)32)26(34)30(27)23(28(39)37-16-19-10-12-20(13-11-19)31(35)36)24(25(33)29(4,5)6)38-21-14-8-17(2)9-15-21/h8-15,18,22,27,32H,7,16H2,1-6H3/t18-,22+,27-/m1/s1. The van der Waals surface area contributed by atoms with Crippen LogP contribution in [-0.2, 0) is 20.9 Å². The lowest BCUT2D eigenvalue weighted by molar-refractivity contribution is -0.384. The molecule has 40 heavy (non-hydrogen) atoms. The van der Waals surface area contributed by atoms with Gasteiger partial charge in [0.15, 0.2) is 5.76 Å². The first-order valence-corrected chi connectivity index (χ1v) is 14.3. The van der Waals surface area contributed by atoms with Gasteiger partial charge < -0.3 is 14.6 Å². The van der Waals surface area contributed by atoms with Crippen LogP contribution in [0.4, 0.5) is 5.69 Å². The zero-order valence-electron chi connectivity index (χ0n) is 23.4. The SMILES string of the molecule is CCS[C@@H]1[C@@H]([C@@H](C)O)C(=O)N1C(C(=S)OCc1ccc([N+](=O)[O-])cc1)=C(Oc1ccc(C)cc1)C(=O)C(C)(C)C. The number of benzene rings is 2. The number of nitro groups is 1. The van der Waals surface area contributed by atoms with Crippen molar-refractivity contribution in [3.63, 3.8) is 0 Å². The Hall–Kier alpha value is -3.28. The second-order valence-corrected chi connectivity index (χ2v) is 12.3. The van der Waals surface area contributed by atoms with Crippen molar-refractivity contribution in [2.45, 2.75) is 59.6 Å². The van der Waals surface area contributed by atoms with E-state index in [4.69, 9.17) is 21.7 Å². The molecule has 1 fully saturated rings. The summed E-state index contributed by atoms with van der Waals surface area (Å²) in [6.45, 7) is 10.6. The third kappa shape index (κ3) is 7.07. The number of carbonyl (C=O) groups is 2. The number of thioether (sulfide) groups is 1. The van der Waals surface area contributed by atoms with E-state index in [1.807, 2.05) is 26.0 Å². The molecule has 0 aliphatic carbocycles. The molecule has 1 amide bonds. The minimum absolute atomic E-state index is 0.0188. The van der Waals surface area contributed by atoms with E-state index in [0.29, 0.717) is 17.1 Å². The molecular formula is C29H34N2O7S2. The van der Waals surface area contributed by atoms with Gasteiger partial charge in [0.05, 0.1) is 22.3 Å². The molecule has 1 aliphatic rings. The van der Waals surface area contributed by atoms with Crippen LogP contribution in [0.25, 0.3) is 0 Å². The smallest absolute Gasteiger partial charge is 0.269 e. The fraction of sp³-hybridized carbons (Fsp3) is 0.414. The molecule has 0 unspecified atom stereocenters. The highest BCUT2D eigenvalue weighted by molar-refractivity contribution is 8.00. The molecule has 0 aromatic heterocycles. The number of allylic oxidation sites excluding steroid dienone is 1. The maximum absolute atomic E-state index is 13.8. The fourth-order valence-corrected chi connectivity index (χ4v) is 5.52. The molecule has 1 N–H and O–H groups in total. The van der Waals surface area contributed by atoms with E-state index in [1.165, 1.54) is 28.8 Å². The number of likely N-dealkylation sites (tertiary alicyclic amines) is 1. The van der Waals surface area contributed by atoms with Crippen LogP contribution in [0.5, 0.6) is 5.75 Å². The highest BCUT2D eigenvalue weighted by atomic mass is 32.2.